The Kier molecular flexibility index (Phi) is 3.72. The molecule has 1 aromatic rings. The Morgan fingerprint density at radius 1 is 1.33 bits per heavy atom. The van der Waals surface area contributed by atoms with E-state index in [0.717, 1.165) is 16.8 Å². The lowest BCUT2D eigenvalue weighted by atomic mass is 10.1. The van der Waals surface area contributed by atoms with Gasteiger partial charge in [0.15, 0.2) is 0 Å². The molecule has 0 aromatic heterocycles. The van der Waals surface area contributed by atoms with Gasteiger partial charge in [-0.1, -0.05) is 18.2 Å². The van der Waals surface area contributed by atoms with Crippen LogP contribution in [-0.2, 0) is 9.53 Å². The molecule has 0 fully saturated rings. The van der Waals surface area contributed by atoms with Crippen LogP contribution in [0.1, 0.15) is 18.1 Å². The third-order valence-electron chi connectivity index (χ3n) is 2.40. The second-order valence-electron chi connectivity index (χ2n) is 3.66. The summed E-state index contributed by atoms with van der Waals surface area (Å²) in [4.78, 5) is 11.3. The highest BCUT2D eigenvalue weighted by molar-refractivity contribution is 5.79. The summed E-state index contributed by atoms with van der Waals surface area (Å²) in [7, 11) is 1.39. The molecule has 82 valence electrons. The molecule has 3 heteroatoms. The van der Waals surface area contributed by atoms with Gasteiger partial charge < -0.3 is 10.1 Å². The predicted octanol–water partition coefficient (Wildman–Crippen LogP) is 2.28. The van der Waals surface area contributed by atoms with Gasteiger partial charge in [0, 0.05) is 5.69 Å². The molecule has 0 saturated carbocycles. The summed E-state index contributed by atoms with van der Waals surface area (Å²) in [6, 6.07) is 5.70. The molecule has 1 rings (SSSR count). The van der Waals surface area contributed by atoms with Gasteiger partial charge in [-0.05, 0) is 31.9 Å². The van der Waals surface area contributed by atoms with E-state index in [2.05, 4.69) is 10.1 Å². The molecule has 0 amide bonds. The van der Waals surface area contributed by atoms with Crippen molar-refractivity contribution in [2.45, 2.75) is 26.8 Å². The number of esters is 1. The van der Waals surface area contributed by atoms with Gasteiger partial charge in [0.05, 0.1) is 7.11 Å². The zero-order valence-electron chi connectivity index (χ0n) is 9.63. The van der Waals surface area contributed by atoms with Crippen LogP contribution in [-0.4, -0.2) is 19.1 Å². The molecule has 0 aliphatic carbocycles. The molecule has 0 unspecified atom stereocenters. The Morgan fingerprint density at radius 2 is 1.87 bits per heavy atom. The number of methoxy groups -OCH3 is 1. The summed E-state index contributed by atoms with van der Waals surface area (Å²) in [5.41, 5.74) is 3.27. The van der Waals surface area contributed by atoms with Crippen LogP contribution >= 0.6 is 0 Å². The van der Waals surface area contributed by atoms with Crippen molar-refractivity contribution in [3.05, 3.63) is 29.3 Å². The van der Waals surface area contributed by atoms with Crippen LogP contribution in [0.4, 0.5) is 5.69 Å². The van der Waals surface area contributed by atoms with Crippen molar-refractivity contribution in [1.82, 2.24) is 0 Å². The molecule has 0 heterocycles. The van der Waals surface area contributed by atoms with E-state index < -0.39 is 0 Å². The Bertz CT molecular complexity index is 340. The van der Waals surface area contributed by atoms with Crippen LogP contribution in [0.25, 0.3) is 0 Å². The van der Waals surface area contributed by atoms with E-state index in [1.807, 2.05) is 32.0 Å². The fourth-order valence-corrected chi connectivity index (χ4v) is 1.49. The first-order chi connectivity index (χ1) is 7.06. The second kappa shape index (κ2) is 4.82. The van der Waals surface area contributed by atoms with Gasteiger partial charge >= 0.3 is 5.97 Å². The standard InChI is InChI=1S/C12H17NO2/c1-8-6-5-7-9(2)11(8)13-10(3)12(14)15-4/h5-7,10,13H,1-4H3/t10-/m0/s1. The highest BCUT2D eigenvalue weighted by Crippen LogP contribution is 2.20. The lowest BCUT2D eigenvalue weighted by Crippen LogP contribution is -2.27. The monoisotopic (exact) mass is 207 g/mol. The van der Waals surface area contributed by atoms with Crippen LogP contribution in [0.3, 0.4) is 0 Å². The molecule has 0 saturated heterocycles. The summed E-state index contributed by atoms with van der Waals surface area (Å²) in [5.74, 6) is -0.252. The van der Waals surface area contributed by atoms with Gasteiger partial charge in [0.25, 0.3) is 0 Å². The van der Waals surface area contributed by atoms with Crippen molar-refractivity contribution in [3.8, 4) is 0 Å². The van der Waals surface area contributed by atoms with Crippen molar-refractivity contribution in [1.29, 1.82) is 0 Å². The maximum absolute atomic E-state index is 11.3. The fraction of sp³-hybridized carbons (Fsp3) is 0.417. The summed E-state index contributed by atoms with van der Waals surface area (Å²) < 4.78 is 4.66. The van der Waals surface area contributed by atoms with Crippen molar-refractivity contribution in [3.63, 3.8) is 0 Å². The highest BCUT2D eigenvalue weighted by atomic mass is 16.5. The van der Waals surface area contributed by atoms with E-state index in [4.69, 9.17) is 0 Å². The maximum atomic E-state index is 11.3. The third kappa shape index (κ3) is 2.72. The molecule has 0 radical (unpaired) electrons. The number of nitrogens with one attached hydrogen (secondary N) is 1. The van der Waals surface area contributed by atoms with E-state index in [1.54, 1.807) is 6.92 Å². The largest absolute Gasteiger partial charge is 0.467 e. The Balaban J connectivity index is 2.85. The number of ether oxygens (including phenoxy) is 1. The van der Waals surface area contributed by atoms with Crippen LogP contribution in [0.5, 0.6) is 0 Å². The SMILES string of the molecule is COC(=O)[C@H](C)Nc1c(C)cccc1C. The molecule has 15 heavy (non-hydrogen) atoms. The molecule has 1 atom stereocenters. The normalized spacial score (nSPS) is 12.0. The van der Waals surface area contributed by atoms with Crippen LogP contribution in [0.2, 0.25) is 0 Å². The Morgan fingerprint density at radius 3 is 2.33 bits per heavy atom. The molecule has 1 aromatic carbocycles. The Hall–Kier alpha value is -1.51. The smallest absolute Gasteiger partial charge is 0.327 e. The second-order valence-corrected chi connectivity index (χ2v) is 3.66. The van der Waals surface area contributed by atoms with Crippen molar-refractivity contribution in [2.75, 3.05) is 12.4 Å². The first-order valence-corrected chi connectivity index (χ1v) is 4.97. The zero-order valence-corrected chi connectivity index (χ0v) is 9.63. The minimum Gasteiger partial charge on any atom is -0.467 e. The lowest BCUT2D eigenvalue weighted by molar-refractivity contribution is -0.141. The Labute approximate surface area is 90.4 Å². The van der Waals surface area contributed by atoms with Gasteiger partial charge in [0.1, 0.15) is 6.04 Å². The van der Waals surface area contributed by atoms with E-state index in [-0.39, 0.29) is 12.0 Å². The fourth-order valence-electron chi connectivity index (χ4n) is 1.49. The van der Waals surface area contributed by atoms with Crippen molar-refractivity contribution in [2.24, 2.45) is 0 Å². The summed E-state index contributed by atoms with van der Waals surface area (Å²) in [6.07, 6.45) is 0. The number of carbonyl (C=O) groups excluding carboxylic acids is 1. The first kappa shape index (κ1) is 11.6. The lowest BCUT2D eigenvalue weighted by Gasteiger charge is -2.16. The quantitative estimate of drug-likeness (QED) is 0.773. The minimum atomic E-state index is -0.324. The van der Waals surface area contributed by atoms with Gasteiger partial charge in [-0.25, -0.2) is 4.79 Å². The molecule has 0 aliphatic heterocycles. The first-order valence-electron chi connectivity index (χ1n) is 4.97. The van der Waals surface area contributed by atoms with Gasteiger partial charge in [-0.2, -0.15) is 0 Å². The molecule has 0 spiro atoms. The van der Waals surface area contributed by atoms with Gasteiger partial charge in [0.2, 0.25) is 0 Å². The van der Waals surface area contributed by atoms with Crippen molar-refractivity contribution < 1.29 is 9.53 Å². The van der Waals surface area contributed by atoms with E-state index >= 15 is 0 Å². The highest BCUT2D eigenvalue weighted by Gasteiger charge is 2.14. The van der Waals surface area contributed by atoms with E-state index in [9.17, 15) is 4.79 Å². The number of aryl methyl sites for hydroxylation is 2. The maximum Gasteiger partial charge on any atom is 0.327 e. The number of para-hydroxylation sites is 1. The molecular weight excluding hydrogens is 190 g/mol. The molecular formula is C12H17NO2. The zero-order chi connectivity index (χ0) is 11.4. The van der Waals surface area contributed by atoms with Gasteiger partial charge in [-0.3, -0.25) is 0 Å². The van der Waals surface area contributed by atoms with Crippen molar-refractivity contribution >= 4 is 11.7 Å². The summed E-state index contributed by atoms with van der Waals surface area (Å²) in [6.45, 7) is 5.82. The average molecular weight is 207 g/mol. The summed E-state index contributed by atoms with van der Waals surface area (Å²) >= 11 is 0. The molecule has 1 N–H and O–H groups in total. The number of anilines is 1. The van der Waals surface area contributed by atoms with Gasteiger partial charge in [-0.15, -0.1) is 0 Å². The molecule has 0 aliphatic rings. The number of carbonyl (C=O) groups is 1. The van der Waals surface area contributed by atoms with Crippen LogP contribution < -0.4 is 5.32 Å². The predicted molar refractivity (Wildman–Crippen MR) is 61.0 cm³/mol. The number of hydrogen-bond acceptors (Lipinski definition) is 3. The summed E-state index contributed by atoms with van der Waals surface area (Å²) in [5, 5.41) is 3.15. The minimum absolute atomic E-state index is 0.252. The van der Waals surface area contributed by atoms with Crippen LogP contribution in [0, 0.1) is 13.8 Å². The number of hydrogen-bond donors (Lipinski definition) is 1. The number of rotatable bonds is 3. The molecule has 3 nitrogen and oxygen atoms in total. The van der Waals surface area contributed by atoms with E-state index in [1.165, 1.54) is 7.11 Å². The van der Waals surface area contributed by atoms with E-state index in [0.29, 0.717) is 0 Å². The number of benzene rings is 1. The average Bonchev–Trinajstić information content (AvgIpc) is 2.22. The molecule has 0 bridgehead atoms. The van der Waals surface area contributed by atoms with Crippen LogP contribution in [0.15, 0.2) is 18.2 Å². The topological polar surface area (TPSA) is 38.3 Å². The third-order valence-corrected chi connectivity index (χ3v) is 2.40.